The number of para-hydroxylation sites is 1. The average molecular weight is 442 g/mol. The maximum absolute atomic E-state index is 13.1. The van der Waals surface area contributed by atoms with E-state index in [1.54, 1.807) is 14.0 Å². The minimum Gasteiger partial charge on any atom is -0.361 e. The number of aromatic nitrogens is 1. The van der Waals surface area contributed by atoms with E-state index in [2.05, 4.69) is 50.2 Å². The monoisotopic (exact) mass is 441 g/mol. The molecule has 0 saturated carbocycles. The van der Waals surface area contributed by atoms with Gasteiger partial charge in [0.1, 0.15) is 6.04 Å². The molecule has 3 atom stereocenters. The molecule has 1 aromatic heterocycles. The summed E-state index contributed by atoms with van der Waals surface area (Å²) in [5.41, 5.74) is 2.13. The van der Waals surface area contributed by atoms with Crippen LogP contribution in [0.25, 0.3) is 10.9 Å². The summed E-state index contributed by atoms with van der Waals surface area (Å²) in [6.45, 7) is 10.6. The van der Waals surface area contributed by atoms with Gasteiger partial charge in [-0.05, 0) is 56.8 Å². The summed E-state index contributed by atoms with van der Waals surface area (Å²) < 4.78 is 0. The van der Waals surface area contributed by atoms with Crippen LogP contribution in [-0.2, 0) is 16.0 Å². The first-order valence-electron chi connectivity index (χ1n) is 11.7. The van der Waals surface area contributed by atoms with Gasteiger partial charge in [-0.15, -0.1) is 0 Å². The molecular formula is C25H39N5O2. The number of piperidine rings is 1. The summed E-state index contributed by atoms with van der Waals surface area (Å²) in [5, 5.41) is 10.4. The van der Waals surface area contributed by atoms with Crippen LogP contribution in [0.15, 0.2) is 30.5 Å². The first-order chi connectivity index (χ1) is 15.2. The first-order valence-corrected chi connectivity index (χ1v) is 11.7. The third kappa shape index (κ3) is 6.11. The van der Waals surface area contributed by atoms with Crippen LogP contribution in [0.2, 0.25) is 0 Å². The number of likely N-dealkylation sites (N-methyl/N-ethyl adjacent to an activating group) is 1. The molecule has 1 fully saturated rings. The number of benzene rings is 1. The summed E-state index contributed by atoms with van der Waals surface area (Å²) in [7, 11) is 1.74. The Kier molecular flexibility index (Phi) is 7.96. The molecule has 0 spiro atoms. The van der Waals surface area contributed by atoms with Crippen LogP contribution in [-0.4, -0.2) is 66.5 Å². The van der Waals surface area contributed by atoms with E-state index < -0.39 is 6.04 Å². The Balaban J connectivity index is 1.56. The molecule has 2 aromatic rings. The normalized spacial score (nSPS) is 19.5. The lowest BCUT2D eigenvalue weighted by molar-refractivity contribution is -0.133. The number of carbonyl (C=O) groups is 2. The number of H-pyrrole nitrogens is 1. The Morgan fingerprint density at radius 3 is 2.69 bits per heavy atom. The standard InChI is InChI=1S/C25H39N5O2/c1-17(26-5)23(31)29-22(25(2,3)4)24(32)28-19-9-8-13-30(16-19)14-12-18-15-27-21-11-7-6-10-20(18)21/h6-7,10-11,15,17,19,22,26-27H,8-9,12-14,16H2,1-5H3,(H,28,32)(H,29,31)/t17-,19-,22+/m0/s1. The van der Waals surface area contributed by atoms with E-state index >= 15 is 0 Å². The van der Waals surface area contributed by atoms with Gasteiger partial charge >= 0.3 is 0 Å². The molecule has 32 heavy (non-hydrogen) atoms. The fourth-order valence-corrected chi connectivity index (χ4v) is 4.35. The molecule has 7 nitrogen and oxygen atoms in total. The highest BCUT2D eigenvalue weighted by Gasteiger charge is 2.35. The lowest BCUT2D eigenvalue weighted by atomic mass is 9.85. The lowest BCUT2D eigenvalue weighted by Crippen LogP contribution is -2.59. The minimum atomic E-state index is -0.576. The molecule has 1 aromatic carbocycles. The molecule has 1 saturated heterocycles. The highest BCUT2D eigenvalue weighted by molar-refractivity contribution is 5.90. The van der Waals surface area contributed by atoms with E-state index in [9.17, 15) is 9.59 Å². The van der Waals surface area contributed by atoms with Crippen LogP contribution in [0.1, 0.15) is 46.1 Å². The summed E-state index contributed by atoms with van der Waals surface area (Å²) in [4.78, 5) is 31.3. The van der Waals surface area contributed by atoms with Crippen molar-refractivity contribution in [2.45, 2.75) is 65.1 Å². The predicted molar refractivity (Wildman–Crippen MR) is 130 cm³/mol. The zero-order valence-corrected chi connectivity index (χ0v) is 20.1. The van der Waals surface area contributed by atoms with Crippen molar-refractivity contribution in [3.05, 3.63) is 36.0 Å². The van der Waals surface area contributed by atoms with Gasteiger partial charge in [0.25, 0.3) is 0 Å². The van der Waals surface area contributed by atoms with Crippen LogP contribution in [0.4, 0.5) is 0 Å². The quantitative estimate of drug-likeness (QED) is 0.507. The van der Waals surface area contributed by atoms with Crippen molar-refractivity contribution in [3.8, 4) is 0 Å². The maximum Gasteiger partial charge on any atom is 0.243 e. The number of aromatic amines is 1. The van der Waals surface area contributed by atoms with Gasteiger partial charge in [-0.25, -0.2) is 0 Å². The molecule has 0 aliphatic carbocycles. The Morgan fingerprint density at radius 2 is 1.97 bits per heavy atom. The van der Waals surface area contributed by atoms with Gasteiger partial charge in [0.15, 0.2) is 0 Å². The number of nitrogens with one attached hydrogen (secondary N) is 4. The Hall–Kier alpha value is -2.38. The van der Waals surface area contributed by atoms with Gasteiger partial charge in [0.2, 0.25) is 11.8 Å². The van der Waals surface area contributed by atoms with E-state index in [-0.39, 0.29) is 29.3 Å². The van der Waals surface area contributed by atoms with E-state index in [0.29, 0.717) is 0 Å². The second-order valence-electron chi connectivity index (χ2n) is 10.1. The Bertz CT molecular complexity index is 916. The summed E-state index contributed by atoms with van der Waals surface area (Å²) >= 11 is 0. The van der Waals surface area contributed by atoms with Crippen LogP contribution in [0.3, 0.4) is 0 Å². The molecule has 1 aliphatic rings. The van der Waals surface area contributed by atoms with Crippen molar-refractivity contribution >= 4 is 22.7 Å². The molecule has 2 amide bonds. The van der Waals surface area contributed by atoms with Crippen molar-refractivity contribution < 1.29 is 9.59 Å². The van der Waals surface area contributed by atoms with Crippen LogP contribution >= 0.6 is 0 Å². The number of hydrogen-bond acceptors (Lipinski definition) is 4. The Labute approximate surface area is 191 Å². The number of hydrogen-bond donors (Lipinski definition) is 4. The zero-order valence-electron chi connectivity index (χ0n) is 20.1. The number of nitrogens with zero attached hydrogens (tertiary/aromatic N) is 1. The Morgan fingerprint density at radius 1 is 1.22 bits per heavy atom. The third-order valence-electron chi connectivity index (χ3n) is 6.47. The second kappa shape index (κ2) is 10.5. The van der Waals surface area contributed by atoms with Crippen molar-refractivity contribution in [1.82, 2.24) is 25.8 Å². The fraction of sp³-hybridized carbons (Fsp3) is 0.600. The number of carbonyl (C=O) groups excluding carboxylic acids is 2. The largest absolute Gasteiger partial charge is 0.361 e. The zero-order chi connectivity index (χ0) is 23.3. The summed E-state index contributed by atoms with van der Waals surface area (Å²) in [5.74, 6) is -0.260. The minimum absolute atomic E-state index is 0.0994. The molecule has 1 aliphatic heterocycles. The molecule has 2 heterocycles. The molecular weight excluding hydrogens is 402 g/mol. The van der Waals surface area contributed by atoms with E-state index in [1.807, 2.05) is 26.8 Å². The van der Waals surface area contributed by atoms with Gasteiger partial charge < -0.3 is 25.8 Å². The van der Waals surface area contributed by atoms with Gasteiger partial charge in [0.05, 0.1) is 6.04 Å². The molecule has 7 heteroatoms. The molecule has 176 valence electrons. The molecule has 4 N–H and O–H groups in total. The van der Waals surface area contributed by atoms with Crippen molar-refractivity contribution in [1.29, 1.82) is 0 Å². The van der Waals surface area contributed by atoms with E-state index in [1.165, 1.54) is 16.5 Å². The smallest absolute Gasteiger partial charge is 0.243 e. The molecule has 0 bridgehead atoms. The van der Waals surface area contributed by atoms with Gasteiger partial charge in [-0.1, -0.05) is 39.0 Å². The predicted octanol–water partition coefficient (Wildman–Crippen LogP) is 2.43. The van der Waals surface area contributed by atoms with Crippen LogP contribution < -0.4 is 16.0 Å². The highest BCUT2D eigenvalue weighted by atomic mass is 16.2. The van der Waals surface area contributed by atoms with E-state index in [0.717, 1.165) is 38.9 Å². The third-order valence-corrected chi connectivity index (χ3v) is 6.47. The van der Waals surface area contributed by atoms with Gasteiger partial charge in [0, 0.05) is 36.2 Å². The van der Waals surface area contributed by atoms with Crippen LogP contribution in [0, 0.1) is 5.41 Å². The number of likely N-dealkylation sites (tertiary alicyclic amines) is 1. The fourth-order valence-electron chi connectivity index (χ4n) is 4.35. The van der Waals surface area contributed by atoms with Crippen molar-refractivity contribution in [2.24, 2.45) is 5.41 Å². The number of amides is 2. The topological polar surface area (TPSA) is 89.3 Å². The number of fused-ring (bicyclic) bond motifs is 1. The lowest BCUT2D eigenvalue weighted by Gasteiger charge is -2.36. The number of rotatable bonds is 8. The van der Waals surface area contributed by atoms with Gasteiger partial charge in [-0.3, -0.25) is 9.59 Å². The molecule has 3 rings (SSSR count). The first kappa shape index (κ1) is 24.3. The van der Waals surface area contributed by atoms with Crippen molar-refractivity contribution in [2.75, 3.05) is 26.7 Å². The maximum atomic E-state index is 13.1. The summed E-state index contributed by atoms with van der Waals surface area (Å²) in [6.07, 6.45) is 5.11. The molecule has 0 radical (unpaired) electrons. The average Bonchev–Trinajstić information content (AvgIpc) is 3.17. The van der Waals surface area contributed by atoms with Crippen LogP contribution in [0.5, 0.6) is 0 Å². The SMILES string of the molecule is CN[C@@H](C)C(=O)N[C@H](C(=O)N[C@H]1CCCN(CCc2c[nH]c3ccccc23)C1)C(C)(C)C. The van der Waals surface area contributed by atoms with Crippen molar-refractivity contribution in [3.63, 3.8) is 0 Å². The summed E-state index contributed by atoms with van der Waals surface area (Å²) in [6, 6.07) is 7.57. The van der Waals surface area contributed by atoms with Gasteiger partial charge in [-0.2, -0.15) is 0 Å². The molecule has 0 unspecified atom stereocenters. The van der Waals surface area contributed by atoms with E-state index in [4.69, 9.17) is 0 Å². The second-order valence-corrected chi connectivity index (χ2v) is 10.1. The highest BCUT2D eigenvalue weighted by Crippen LogP contribution is 2.22.